The van der Waals surface area contributed by atoms with Gasteiger partial charge in [0, 0.05) is 12.1 Å². The van der Waals surface area contributed by atoms with Crippen LogP contribution >= 0.6 is 23.2 Å². The smallest absolute Gasteiger partial charge is 0.343 e. The zero-order valence-electron chi connectivity index (χ0n) is 9.88. The molecule has 2 rings (SSSR count). The van der Waals surface area contributed by atoms with Gasteiger partial charge in [0.05, 0.1) is 15.5 Å². The van der Waals surface area contributed by atoms with E-state index >= 15 is 0 Å². The third-order valence-corrected chi connectivity index (χ3v) is 3.21. The van der Waals surface area contributed by atoms with Crippen LogP contribution in [0.2, 0.25) is 10.0 Å². The van der Waals surface area contributed by atoms with Gasteiger partial charge in [0.15, 0.2) is 5.75 Å². The van der Waals surface area contributed by atoms with Crippen LogP contribution in [0.3, 0.4) is 0 Å². The molecule has 0 aliphatic rings. The van der Waals surface area contributed by atoms with E-state index in [1.54, 1.807) is 12.1 Å². The van der Waals surface area contributed by atoms with E-state index in [1.807, 2.05) is 0 Å². The molecule has 7 heteroatoms. The van der Waals surface area contributed by atoms with Crippen LogP contribution in [0.4, 0.5) is 5.69 Å². The van der Waals surface area contributed by atoms with Crippen molar-refractivity contribution in [2.75, 3.05) is 0 Å². The van der Waals surface area contributed by atoms with Crippen LogP contribution in [0.1, 0.15) is 10.4 Å². The summed E-state index contributed by atoms with van der Waals surface area (Å²) in [5.41, 5.74) is -0.146. The molecule has 0 aromatic heterocycles. The highest BCUT2D eigenvalue weighted by Crippen LogP contribution is 2.32. The summed E-state index contributed by atoms with van der Waals surface area (Å²) in [5, 5.41) is 11.0. The first-order valence-electron chi connectivity index (χ1n) is 5.39. The summed E-state index contributed by atoms with van der Waals surface area (Å²) < 4.78 is 5.07. The number of carbonyl (C=O) groups is 1. The van der Waals surface area contributed by atoms with E-state index in [0.29, 0.717) is 0 Å². The van der Waals surface area contributed by atoms with Crippen molar-refractivity contribution >= 4 is 34.9 Å². The second kappa shape index (κ2) is 5.90. The third kappa shape index (κ3) is 3.07. The van der Waals surface area contributed by atoms with E-state index in [9.17, 15) is 14.9 Å². The minimum absolute atomic E-state index is 0.0512. The standard InChI is InChI=1S/C13H7Cl2NO4/c14-10-5-2-6-11(12(10)15)20-13(17)8-3-1-4-9(7-8)16(18)19/h1-7H. The molecule has 0 spiro atoms. The van der Waals surface area contributed by atoms with Crippen LogP contribution in [0.25, 0.3) is 0 Å². The molecule has 0 bridgehead atoms. The number of ether oxygens (including phenoxy) is 1. The van der Waals surface area contributed by atoms with E-state index in [2.05, 4.69) is 0 Å². The maximum Gasteiger partial charge on any atom is 0.343 e. The van der Waals surface area contributed by atoms with E-state index in [4.69, 9.17) is 27.9 Å². The molecular formula is C13H7Cl2NO4. The van der Waals surface area contributed by atoms with E-state index in [0.717, 1.165) is 6.07 Å². The molecule has 0 amide bonds. The fourth-order valence-electron chi connectivity index (χ4n) is 1.47. The largest absolute Gasteiger partial charge is 0.421 e. The molecule has 0 aliphatic carbocycles. The van der Waals surface area contributed by atoms with E-state index in [1.165, 1.54) is 24.3 Å². The lowest BCUT2D eigenvalue weighted by molar-refractivity contribution is -0.384. The van der Waals surface area contributed by atoms with Gasteiger partial charge >= 0.3 is 5.97 Å². The molecule has 0 heterocycles. The highest BCUT2D eigenvalue weighted by molar-refractivity contribution is 6.43. The second-order valence-electron chi connectivity index (χ2n) is 3.75. The average molecular weight is 312 g/mol. The van der Waals surface area contributed by atoms with Crippen LogP contribution < -0.4 is 4.74 Å². The predicted octanol–water partition coefficient (Wildman–Crippen LogP) is 4.12. The molecule has 0 saturated heterocycles. The summed E-state index contributed by atoms with van der Waals surface area (Å²) in [7, 11) is 0. The van der Waals surface area contributed by atoms with E-state index < -0.39 is 10.9 Å². The molecule has 0 radical (unpaired) electrons. The molecule has 0 N–H and O–H groups in total. The number of carbonyl (C=O) groups excluding carboxylic acids is 1. The Balaban J connectivity index is 2.26. The number of benzene rings is 2. The van der Waals surface area contributed by atoms with Gasteiger partial charge in [-0.25, -0.2) is 4.79 Å². The highest BCUT2D eigenvalue weighted by atomic mass is 35.5. The summed E-state index contributed by atoms with van der Waals surface area (Å²) in [6.07, 6.45) is 0. The Labute approximate surface area is 123 Å². The van der Waals surface area contributed by atoms with Gasteiger partial charge in [-0.3, -0.25) is 10.1 Å². The fraction of sp³-hybridized carbons (Fsp3) is 0. The molecule has 0 saturated carbocycles. The van der Waals surface area contributed by atoms with Crippen LogP contribution in [0.5, 0.6) is 5.75 Å². The number of non-ortho nitro benzene ring substituents is 1. The van der Waals surface area contributed by atoms with Gasteiger partial charge in [0.2, 0.25) is 0 Å². The zero-order valence-corrected chi connectivity index (χ0v) is 11.4. The average Bonchev–Trinajstić information content (AvgIpc) is 2.44. The zero-order chi connectivity index (χ0) is 14.7. The number of hydrogen-bond acceptors (Lipinski definition) is 4. The summed E-state index contributed by atoms with van der Waals surface area (Å²) in [6, 6.07) is 9.81. The summed E-state index contributed by atoms with van der Waals surface area (Å²) in [4.78, 5) is 22.0. The van der Waals surface area contributed by atoms with Crippen molar-refractivity contribution in [3.8, 4) is 5.75 Å². The Hall–Kier alpha value is -2.11. The number of nitro groups is 1. The van der Waals surface area contributed by atoms with Crippen molar-refractivity contribution < 1.29 is 14.5 Å². The summed E-state index contributed by atoms with van der Waals surface area (Å²) in [5.74, 6) is -0.659. The Bertz CT molecular complexity index is 688. The Morgan fingerprint density at radius 2 is 1.85 bits per heavy atom. The van der Waals surface area contributed by atoms with Gasteiger partial charge in [-0.2, -0.15) is 0 Å². The molecular weight excluding hydrogens is 305 g/mol. The molecule has 2 aromatic carbocycles. The lowest BCUT2D eigenvalue weighted by Crippen LogP contribution is -2.09. The lowest BCUT2D eigenvalue weighted by Gasteiger charge is -2.06. The highest BCUT2D eigenvalue weighted by Gasteiger charge is 2.15. The van der Waals surface area contributed by atoms with Crippen molar-refractivity contribution in [1.82, 2.24) is 0 Å². The van der Waals surface area contributed by atoms with Gasteiger partial charge in [0.25, 0.3) is 5.69 Å². The van der Waals surface area contributed by atoms with Crippen LogP contribution in [-0.2, 0) is 0 Å². The molecule has 0 atom stereocenters. The maximum atomic E-state index is 11.9. The molecule has 0 aliphatic heterocycles. The second-order valence-corrected chi connectivity index (χ2v) is 4.53. The van der Waals surface area contributed by atoms with Gasteiger partial charge in [-0.05, 0) is 18.2 Å². The quantitative estimate of drug-likeness (QED) is 0.370. The minimum atomic E-state index is -0.752. The number of halogens is 2. The van der Waals surface area contributed by atoms with Crippen molar-refractivity contribution in [2.24, 2.45) is 0 Å². The molecule has 0 unspecified atom stereocenters. The van der Waals surface area contributed by atoms with Gasteiger partial charge in [-0.15, -0.1) is 0 Å². The topological polar surface area (TPSA) is 69.4 Å². The molecule has 20 heavy (non-hydrogen) atoms. The Morgan fingerprint density at radius 3 is 2.55 bits per heavy atom. The normalized spacial score (nSPS) is 10.1. The summed E-state index contributed by atoms with van der Waals surface area (Å²) in [6.45, 7) is 0. The molecule has 5 nitrogen and oxygen atoms in total. The first-order chi connectivity index (χ1) is 9.49. The number of esters is 1. The Kier molecular flexibility index (Phi) is 4.22. The van der Waals surface area contributed by atoms with Gasteiger partial charge < -0.3 is 4.74 Å². The molecule has 0 fully saturated rings. The first kappa shape index (κ1) is 14.3. The predicted molar refractivity (Wildman–Crippen MR) is 74.5 cm³/mol. The number of hydrogen-bond donors (Lipinski definition) is 0. The monoisotopic (exact) mass is 311 g/mol. The van der Waals surface area contributed by atoms with Crippen LogP contribution in [-0.4, -0.2) is 10.9 Å². The fourth-order valence-corrected chi connectivity index (χ4v) is 1.80. The molecule has 2 aromatic rings. The van der Waals surface area contributed by atoms with Crippen molar-refractivity contribution in [1.29, 1.82) is 0 Å². The Morgan fingerprint density at radius 1 is 1.15 bits per heavy atom. The molecule has 102 valence electrons. The van der Waals surface area contributed by atoms with Crippen LogP contribution in [0.15, 0.2) is 42.5 Å². The van der Waals surface area contributed by atoms with Crippen LogP contribution in [0, 0.1) is 10.1 Å². The number of nitro benzene ring substituents is 1. The third-order valence-electron chi connectivity index (χ3n) is 2.41. The van der Waals surface area contributed by atoms with E-state index in [-0.39, 0.29) is 27.0 Å². The minimum Gasteiger partial charge on any atom is -0.421 e. The SMILES string of the molecule is O=C(Oc1cccc(Cl)c1Cl)c1cccc([N+](=O)[O-])c1. The van der Waals surface area contributed by atoms with Crippen molar-refractivity contribution in [3.63, 3.8) is 0 Å². The maximum absolute atomic E-state index is 11.9. The summed E-state index contributed by atoms with van der Waals surface area (Å²) >= 11 is 11.7. The van der Waals surface area contributed by atoms with Crippen molar-refractivity contribution in [2.45, 2.75) is 0 Å². The van der Waals surface area contributed by atoms with Crippen molar-refractivity contribution in [3.05, 3.63) is 68.2 Å². The lowest BCUT2D eigenvalue weighted by atomic mass is 10.2. The van der Waals surface area contributed by atoms with Gasteiger partial charge in [0.1, 0.15) is 5.02 Å². The number of rotatable bonds is 3. The first-order valence-corrected chi connectivity index (χ1v) is 6.15. The van der Waals surface area contributed by atoms with Gasteiger partial charge in [-0.1, -0.05) is 35.3 Å². The number of nitrogens with zero attached hydrogens (tertiary/aromatic N) is 1.